The van der Waals surface area contributed by atoms with Gasteiger partial charge in [0.15, 0.2) is 0 Å². The zero-order chi connectivity index (χ0) is 28.2. The fraction of sp³-hybridized carbons (Fsp3) is 0.636. The van der Waals surface area contributed by atoms with Crippen LogP contribution in [-0.2, 0) is 23.7 Å². The van der Waals surface area contributed by atoms with Crippen molar-refractivity contribution in [1.82, 2.24) is 0 Å². The first kappa shape index (κ1) is 31.2. The van der Waals surface area contributed by atoms with Crippen LogP contribution >= 0.6 is 0 Å². The lowest BCUT2D eigenvalue weighted by Gasteiger charge is -2.37. The molecule has 0 aromatic heterocycles. The van der Waals surface area contributed by atoms with Gasteiger partial charge < -0.3 is 20.4 Å². The third-order valence-electron chi connectivity index (χ3n) is 8.36. The molecule has 208 valence electrons. The van der Waals surface area contributed by atoms with Crippen molar-refractivity contribution in [2.24, 2.45) is 5.41 Å². The number of rotatable bonds is 12. The van der Waals surface area contributed by atoms with Crippen molar-refractivity contribution < 1.29 is 20.4 Å². The maximum Gasteiger partial charge on any atom is 0.123 e. The molecular formula is C33H52O4. The molecule has 0 aliphatic heterocycles. The molecule has 2 rings (SSSR count). The summed E-state index contributed by atoms with van der Waals surface area (Å²) < 4.78 is 0. The number of aliphatic hydroxyl groups is 2. The SMILES string of the molecule is CCC(C)(C)c1cc(CCCO)cc(C(c2cc(CCCO)cc(C(C)(C)CC)c2O)C(C)(C)C)c1O. The summed E-state index contributed by atoms with van der Waals surface area (Å²) in [6, 6.07) is 8.36. The van der Waals surface area contributed by atoms with Gasteiger partial charge in [0.25, 0.3) is 0 Å². The minimum atomic E-state index is -0.304. The molecule has 37 heavy (non-hydrogen) atoms. The van der Waals surface area contributed by atoms with Crippen molar-refractivity contribution in [3.8, 4) is 11.5 Å². The van der Waals surface area contributed by atoms with Gasteiger partial charge in [-0.1, -0.05) is 86.6 Å². The Morgan fingerprint density at radius 2 is 0.973 bits per heavy atom. The summed E-state index contributed by atoms with van der Waals surface area (Å²) in [6.07, 6.45) is 4.52. The second-order valence-electron chi connectivity index (χ2n) is 13.1. The highest BCUT2D eigenvalue weighted by Crippen LogP contribution is 2.51. The molecule has 4 N–H and O–H groups in total. The average Bonchev–Trinajstić information content (AvgIpc) is 2.83. The largest absolute Gasteiger partial charge is 0.507 e. The van der Waals surface area contributed by atoms with Crippen LogP contribution in [0.25, 0.3) is 0 Å². The van der Waals surface area contributed by atoms with Crippen molar-refractivity contribution in [2.75, 3.05) is 13.2 Å². The van der Waals surface area contributed by atoms with E-state index in [4.69, 9.17) is 0 Å². The lowest BCUT2D eigenvalue weighted by Crippen LogP contribution is -2.24. The molecule has 2 aromatic rings. The minimum absolute atomic E-state index is 0.120. The quantitative estimate of drug-likeness (QED) is 0.237. The van der Waals surface area contributed by atoms with E-state index in [1.54, 1.807) is 0 Å². The maximum atomic E-state index is 11.8. The van der Waals surface area contributed by atoms with E-state index in [1.165, 1.54) is 0 Å². The number of benzene rings is 2. The summed E-state index contributed by atoms with van der Waals surface area (Å²) in [5, 5.41) is 42.6. The molecule has 0 radical (unpaired) electrons. The summed E-state index contributed by atoms with van der Waals surface area (Å²) in [7, 11) is 0. The number of aromatic hydroxyl groups is 2. The summed E-state index contributed by atoms with van der Waals surface area (Å²) in [6.45, 7) is 19.6. The Hall–Kier alpha value is -2.04. The smallest absolute Gasteiger partial charge is 0.123 e. The monoisotopic (exact) mass is 512 g/mol. The molecule has 2 aromatic carbocycles. The van der Waals surface area contributed by atoms with Gasteiger partial charge in [0.2, 0.25) is 0 Å². The first-order valence-corrected chi connectivity index (χ1v) is 14.1. The van der Waals surface area contributed by atoms with Crippen LogP contribution in [0.5, 0.6) is 11.5 Å². The van der Waals surface area contributed by atoms with Gasteiger partial charge in [0.1, 0.15) is 11.5 Å². The molecule has 0 bridgehead atoms. The van der Waals surface area contributed by atoms with Gasteiger partial charge in [-0.2, -0.15) is 0 Å². The van der Waals surface area contributed by atoms with E-state index >= 15 is 0 Å². The van der Waals surface area contributed by atoms with E-state index in [-0.39, 0.29) is 35.4 Å². The number of phenolic OH excluding ortho intramolecular Hbond substituents is 2. The van der Waals surface area contributed by atoms with Gasteiger partial charge in [-0.05, 0) is 65.9 Å². The Kier molecular flexibility index (Phi) is 10.3. The normalized spacial score (nSPS) is 13.0. The van der Waals surface area contributed by atoms with Crippen LogP contribution in [0.4, 0.5) is 0 Å². The topological polar surface area (TPSA) is 80.9 Å². The summed E-state index contributed by atoms with van der Waals surface area (Å²) in [5.74, 6) is 0.348. The second-order valence-corrected chi connectivity index (χ2v) is 13.1. The molecule has 0 unspecified atom stereocenters. The van der Waals surface area contributed by atoms with E-state index < -0.39 is 0 Å². The molecule has 0 amide bonds. The van der Waals surface area contributed by atoms with Crippen molar-refractivity contribution in [3.05, 3.63) is 57.6 Å². The van der Waals surface area contributed by atoms with Crippen molar-refractivity contribution in [3.63, 3.8) is 0 Å². The third-order valence-corrected chi connectivity index (χ3v) is 8.36. The summed E-state index contributed by atoms with van der Waals surface area (Å²) in [5.41, 5.74) is 4.92. The first-order valence-electron chi connectivity index (χ1n) is 14.1. The first-order chi connectivity index (χ1) is 17.1. The molecule has 0 aliphatic carbocycles. The summed E-state index contributed by atoms with van der Waals surface area (Å²) >= 11 is 0. The van der Waals surface area contributed by atoms with Gasteiger partial charge in [-0.25, -0.2) is 0 Å². The highest BCUT2D eigenvalue weighted by molar-refractivity contribution is 5.57. The second kappa shape index (κ2) is 12.2. The Labute approximate surface area is 225 Å². The standard InChI is InChI=1S/C33H52O4/c1-10-32(6,7)26-20-22(14-12-16-34)18-24(29(26)36)28(31(3,4)5)25-19-23(15-13-17-35)21-27(30(25)37)33(8,9)11-2/h18-21,28,34-37H,10-17H2,1-9H3. The van der Waals surface area contributed by atoms with Crippen LogP contribution in [0.15, 0.2) is 24.3 Å². The highest BCUT2D eigenvalue weighted by Gasteiger charge is 2.37. The molecule has 0 heterocycles. The minimum Gasteiger partial charge on any atom is -0.507 e. The maximum absolute atomic E-state index is 11.8. The number of phenols is 2. The fourth-order valence-electron chi connectivity index (χ4n) is 5.25. The van der Waals surface area contributed by atoms with Crippen LogP contribution in [0, 0.1) is 5.41 Å². The molecule has 0 aliphatic rings. The van der Waals surface area contributed by atoms with E-state index in [0.717, 1.165) is 59.1 Å². The Morgan fingerprint density at radius 1 is 0.622 bits per heavy atom. The lowest BCUT2D eigenvalue weighted by molar-refractivity contribution is 0.288. The van der Waals surface area contributed by atoms with Crippen LogP contribution in [0.2, 0.25) is 0 Å². The van der Waals surface area contributed by atoms with Crippen molar-refractivity contribution in [1.29, 1.82) is 0 Å². The van der Waals surface area contributed by atoms with Crippen molar-refractivity contribution >= 4 is 0 Å². The average molecular weight is 513 g/mol. The van der Waals surface area contributed by atoms with Crippen molar-refractivity contribution in [2.45, 2.75) is 118 Å². The predicted octanol–water partition coefficient (Wildman–Crippen LogP) is 7.50. The number of aryl methyl sites for hydroxylation is 2. The number of hydrogen-bond acceptors (Lipinski definition) is 4. The van der Waals surface area contributed by atoms with Gasteiger partial charge in [-0.3, -0.25) is 0 Å². The zero-order valence-corrected chi connectivity index (χ0v) is 24.8. The molecule has 4 heteroatoms. The molecule has 0 saturated carbocycles. The van der Waals surface area contributed by atoms with E-state index in [2.05, 4.69) is 86.6 Å². The van der Waals surface area contributed by atoms with Gasteiger partial charge >= 0.3 is 0 Å². The zero-order valence-electron chi connectivity index (χ0n) is 24.8. The summed E-state index contributed by atoms with van der Waals surface area (Å²) in [4.78, 5) is 0. The highest BCUT2D eigenvalue weighted by atomic mass is 16.3. The molecular weight excluding hydrogens is 460 g/mol. The molecule has 0 atom stereocenters. The van der Waals surface area contributed by atoms with Crippen LogP contribution in [-0.4, -0.2) is 33.6 Å². The number of aliphatic hydroxyl groups excluding tert-OH is 2. The molecule has 0 spiro atoms. The predicted molar refractivity (Wildman–Crippen MR) is 155 cm³/mol. The van der Waals surface area contributed by atoms with Gasteiger partial charge in [0, 0.05) is 41.4 Å². The fourth-order valence-corrected chi connectivity index (χ4v) is 5.25. The molecule has 4 nitrogen and oxygen atoms in total. The van der Waals surface area contributed by atoms with Crippen LogP contribution in [0.1, 0.15) is 127 Å². The van der Waals surface area contributed by atoms with Gasteiger partial charge in [0.05, 0.1) is 0 Å². The van der Waals surface area contributed by atoms with E-state index in [0.29, 0.717) is 24.3 Å². The van der Waals surface area contributed by atoms with Gasteiger partial charge in [-0.15, -0.1) is 0 Å². The third kappa shape index (κ3) is 7.09. The number of hydrogen-bond donors (Lipinski definition) is 4. The lowest BCUT2D eigenvalue weighted by atomic mass is 9.68. The van der Waals surface area contributed by atoms with E-state index in [9.17, 15) is 20.4 Å². The Morgan fingerprint density at radius 3 is 1.24 bits per heavy atom. The van der Waals surface area contributed by atoms with E-state index in [1.807, 2.05) is 0 Å². The van der Waals surface area contributed by atoms with Crippen LogP contribution in [0.3, 0.4) is 0 Å². The molecule has 0 fully saturated rings. The van der Waals surface area contributed by atoms with Crippen LogP contribution < -0.4 is 0 Å². The Balaban J connectivity index is 2.96. The Bertz CT molecular complexity index is 966. The molecule has 0 saturated heterocycles.